The molecule has 0 amide bonds. The zero-order valence-electron chi connectivity index (χ0n) is 14.3. The van der Waals surface area contributed by atoms with E-state index < -0.39 is 0 Å². The summed E-state index contributed by atoms with van der Waals surface area (Å²) >= 11 is 0. The van der Waals surface area contributed by atoms with Crippen LogP contribution in [0.4, 0.5) is 0 Å². The summed E-state index contributed by atoms with van der Waals surface area (Å²) in [7, 11) is 5.48. The summed E-state index contributed by atoms with van der Waals surface area (Å²) in [5, 5.41) is 1.21. The lowest BCUT2D eigenvalue weighted by molar-refractivity contribution is 0.0375. The number of hydrogen-bond acceptors (Lipinski definition) is 4. The fourth-order valence-electron chi connectivity index (χ4n) is 3.33. The predicted octanol–water partition coefficient (Wildman–Crippen LogP) is 2.46. The van der Waals surface area contributed by atoms with E-state index in [9.17, 15) is 0 Å². The highest BCUT2D eigenvalue weighted by Crippen LogP contribution is 2.35. The van der Waals surface area contributed by atoms with Gasteiger partial charge < -0.3 is 18.8 Å². The Morgan fingerprint density at radius 1 is 1.13 bits per heavy atom. The number of morpholine rings is 1. The summed E-state index contributed by atoms with van der Waals surface area (Å²) in [6.45, 7) is 4.95. The Labute approximate surface area is 137 Å². The Kier molecular flexibility index (Phi) is 5.08. The molecule has 2 heterocycles. The van der Waals surface area contributed by atoms with Crippen LogP contribution >= 0.6 is 0 Å². The Morgan fingerprint density at radius 3 is 2.61 bits per heavy atom. The van der Waals surface area contributed by atoms with E-state index in [1.165, 1.54) is 10.9 Å². The van der Waals surface area contributed by atoms with Crippen molar-refractivity contribution in [3.05, 3.63) is 23.9 Å². The van der Waals surface area contributed by atoms with Gasteiger partial charge in [-0.25, -0.2) is 0 Å². The Morgan fingerprint density at radius 2 is 1.91 bits per heavy atom. The van der Waals surface area contributed by atoms with Crippen LogP contribution in [0, 0.1) is 0 Å². The first-order valence-corrected chi connectivity index (χ1v) is 8.23. The minimum absolute atomic E-state index is 0.829. The number of aromatic nitrogens is 1. The molecule has 0 radical (unpaired) electrons. The van der Waals surface area contributed by atoms with Crippen LogP contribution in [0.25, 0.3) is 10.9 Å². The molecule has 0 N–H and O–H groups in total. The predicted molar refractivity (Wildman–Crippen MR) is 91.6 cm³/mol. The quantitative estimate of drug-likeness (QED) is 0.820. The first-order valence-electron chi connectivity index (χ1n) is 8.23. The average molecular weight is 318 g/mol. The van der Waals surface area contributed by atoms with Crippen molar-refractivity contribution in [2.75, 3.05) is 47.1 Å². The van der Waals surface area contributed by atoms with Gasteiger partial charge in [-0.05, 0) is 24.9 Å². The highest BCUT2D eigenvalue weighted by Gasteiger charge is 2.15. The van der Waals surface area contributed by atoms with Crippen LogP contribution in [0.1, 0.15) is 12.0 Å². The van der Waals surface area contributed by atoms with E-state index in [2.05, 4.69) is 28.8 Å². The van der Waals surface area contributed by atoms with Crippen LogP contribution in [0.2, 0.25) is 0 Å². The maximum absolute atomic E-state index is 5.60. The van der Waals surface area contributed by atoms with Gasteiger partial charge in [0.15, 0.2) is 0 Å². The van der Waals surface area contributed by atoms with Gasteiger partial charge in [-0.2, -0.15) is 0 Å². The van der Waals surface area contributed by atoms with E-state index >= 15 is 0 Å². The lowest BCUT2D eigenvalue weighted by atomic mass is 10.1. The second-order valence-corrected chi connectivity index (χ2v) is 6.05. The number of aryl methyl sites for hydroxylation is 2. The summed E-state index contributed by atoms with van der Waals surface area (Å²) in [6, 6.07) is 4.04. The molecule has 0 bridgehead atoms. The van der Waals surface area contributed by atoms with Crippen molar-refractivity contribution >= 4 is 10.9 Å². The summed E-state index contributed by atoms with van der Waals surface area (Å²) < 4.78 is 18.5. The fourth-order valence-corrected chi connectivity index (χ4v) is 3.33. The number of benzene rings is 1. The SMILES string of the molecule is COc1cc(OC)c2c(CCCN3CCOCC3)cn(C)c2c1. The molecule has 2 aromatic rings. The molecule has 5 heteroatoms. The first kappa shape index (κ1) is 16.1. The Bertz CT molecular complexity index is 660. The van der Waals surface area contributed by atoms with Gasteiger partial charge in [0.25, 0.3) is 0 Å². The Hall–Kier alpha value is -1.72. The minimum atomic E-state index is 0.829. The average Bonchev–Trinajstić information content (AvgIpc) is 2.91. The normalized spacial score (nSPS) is 16.0. The lowest BCUT2D eigenvalue weighted by Crippen LogP contribution is -2.36. The van der Waals surface area contributed by atoms with E-state index in [-0.39, 0.29) is 0 Å². The van der Waals surface area contributed by atoms with Gasteiger partial charge in [-0.3, -0.25) is 4.90 Å². The molecule has 0 atom stereocenters. The molecule has 1 aliphatic rings. The smallest absolute Gasteiger partial charge is 0.132 e. The molecular weight excluding hydrogens is 292 g/mol. The first-order chi connectivity index (χ1) is 11.2. The highest BCUT2D eigenvalue weighted by molar-refractivity contribution is 5.91. The molecule has 126 valence electrons. The topological polar surface area (TPSA) is 35.9 Å². The zero-order valence-corrected chi connectivity index (χ0v) is 14.3. The van der Waals surface area contributed by atoms with Crippen molar-refractivity contribution < 1.29 is 14.2 Å². The van der Waals surface area contributed by atoms with Crippen LogP contribution in [0.15, 0.2) is 18.3 Å². The van der Waals surface area contributed by atoms with Gasteiger partial charge >= 0.3 is 0 Å². The van der Waals surface area contributed by atoms with E-state index in [0.717, 1.165) is 62.7 Å². The van der Waals surface area contributed by atoms with E-state index in [4.69, 9.17) is 14.2 Å². The number of nitrogens with zero attached hydrogens (tertiary/aromatic N) is 2. The lowest BCUT2D eigenvalue weighted by Gasteiger charge is -2.26. The van der Waals surface area contributed by atoms with Crippen LogP contribution in [0.3, 0.4) is 0 Å². The van der Waals surface area contributed by atoms with Crippen LogP contribution in [0.5, 0.6) is 11.5 Å². The van der Waals surface area contributed by atoms with Crippen molar-refractivity contribution in [1.29, 1.82) is 0 Å². The molecule has 0 saturated carbocycles. The second-order valence-electron chi connectivity index (χ2n) is 6.05. The van der Waals surface area contributed by atoms with Crippen molar-refractivity contribution in [1.82, 2.24) is 9.47 Å². The number of methoxy groups -OCH3 is 2. The van der Waals surface area contributed by atoms with Crippen LogP contribution < -0.4 is 9.47 Å². The molecule has 0 aliphatic carbocycles. The van der Waals surface area contributed by atoms with E-state index in [1.54, 1.807) is 14.2 Å². The van der Waals surface area contributed by atoms with Crippen molar-refractivity contribution in [3.63, 3.8) is 0 Å². The Balaban J connectivity index is 1.77. The van der Waals surface area contributed by atoms with Gasteiger partial charge in [0, 0.05) is 43.9 Å². The van der Waals surface area contributed by atoms with Crippen LogP contribution in [-0.4, -0.2) is 56.5 Å². The van der Waals surface area contributed by atoms with Crippen molar-refractivity contribution in [2.24, 2.45) is 7.05 Å². The van der Waals surface area contributed by atoms with Gasteiger partial charge in [0.05, 0.1) is 33.0 Å². The zero-order chi connectivity index (χ0) is 16.2. The van der Waals surface area contributed by atoms with E-state index in [1.807, 2.05) is 6.07 Å². The fraction of sp³-hybridized carbons (Fsp3) is 0.556. The molecule has 23 heavy (non-hydrogen) atoms. The standard InChI is InChI=1S/C18H26N2O3/c1-19-13-14(5-4-6-20-7-9-23-10-8-20)18-16(19)11-15(21-2)12-17(18)22-3/h11-13H,4-10H2,1-3H3. The summed E-state index contributed by atoms with van der Waals surface area (Å²) in [6.07, 6.45) is 4.41. The van der Waals surface area contributed by atoms with Gasteiger partial charge in [0.1, 0.15) is 11.5 Å². The summed E-state index contributed by atoms with van der Waals surface area (Å²) in [4.78, 5) is 2.48. The van der Waals surface area contributed by atoms with Crippen molar-refractivity contribution in [2.45, 2.75) is 12.8 Å². The van der Waals surface area contributed by atoms with E-state index in [0.29, 0.717) is 0 Å². The number of ether oxygens (including phenoxy) is 3. The molecule has 1 aromatic carbocycles. The monoisotopic (exact) mass is 318 g/mol. The maximum Gasteiger partial charge on any atom is 0.132 e. The molecule has 5 nitrogen and oxygen atoms in total. The molecule has 0 unspecified atom stereocenters. The largest absolute Gasteiger partial charge is 0.497 e. The molecule has 1 saturated heterocycles. The molecule has 0 spiro atoms. The third-order valence-electron chi connectivity index (χ3n) is 4.59. The summed E-state index contributed by atoms with van der Waals surface area (Å²) in [5.41, 5.74) is 2.50. The van der Waals surface area contributed by atoms with Crippen LogP contribution in [-0.2, 0) is 18.2 Å². The molecule has 1 aromatic heterocycles. The second kappa shape index (κ2) is 7.23. The molecular formula is C18H26N2O3. The summed E-state index contributed by atoms with van der Waals surface area (Å²) in [5.74, 6) is 1.72. The number of fused-ring (bicyclic) bond motifs is 1. The van der Waals surface area contributed by atoms with Gasteiger partial charge in [-0.1, -0.05) is 0 Å². The maximum atomic E-state index is 5.60. The van der Waals surface area contributed by atoms with Gasteiger partial charge in [-0.15, -0.1) is 0 Å². The number of hydrogen-bond donors (Lipinski definition) is 0. The molecule has 1 fully saturated rings. The third kappa shape index (κ3) is 3.46. The van der Waals surface area contributed by atoms with Gasteiger partial charge in [0.2, 0.25) is 0 Å². The van der Waals surface area contributed by atoms with Crippen molar-refractivity contribution in [3.8, 4) is 11.5 Å². The third-order valence-corrected chi connectivity index (χ3v) is 4.59. The minimum Gasteiger partial charge on any atom is -0.497 e. The number of rotatable bonds is 6. The highest BCUT2D eigenvalue weighted by atomic mass is 16.5. The molecule has 1 aliphatic heterocycles. The molecule has 3 rings (SSSR count).